The Morgan fingerprint density at radius 3 is 3.06 bits per heavy atom. The maximum absolute atomic E-state index is 10.2. The minimum absolute atomic E-state index is 0.220. The first-order chi connectivity index (χ1) is 8.25. The van der Waals surface area contributed by atoms with Gasteiger partial charge < -0.3 is 9.67 Å². The zero-order valence-corrected chi connectivity index (χ0v) is 10.1. The summed E-state index contributed by atoms with van der Waals surface area (Å²) in [6.07, 6.45) is 8.73. The van der Waals surface area contributed by atoms with Crippen molar-refractivity contribution in [3.8, 4) is 0 Å². The third-order valence-electron chi connectivity index (χ3n) is 3.92. The second-order valence-electron chi connectivity index (χ2n) is 5.21. The number of hydrogen-bond donors (Lipinski definition) is 1. The SMILES string of the molecule is C[C@@H]1CC[C@@H](n2ccc3cnccc32)[C@H](O)C1. The van der Waals surface area contributed by atoms with Gasteiger partial charge in [0.2, 0.25) is 0 Å². The molecule has 0 spiro atoms. The van der Waals surface area contributed by atoms with Crippen LogP contribution in [0.15, 0.2) is 30.7 Å². The molecular weight excluding hydrogens is 212 g/mol. The summed E-state index contributed by atoms with van der Waals surface area (Å²) in [6.45, 7) is 2.22. The summed E-state index contributed by atoms with van der Waals surface area (Å²) < 4.78 is 2.22. The molecule has 1 aliphatic carbocycles. The van der Waals surface area contributed by atoms with Crippen molar-refractivity contribution in [1.29, 1.82) is 0 Å². The number of fused-ring (bicyclic) bond motifs is 1. The molecule has 3 atom stereocenters. The van der Waals surface area contributed by atoms with Gasteiger partial charge in [-0.25, -0.2) is 0 Å². The summed E-state index contributed by atoms with van der Waals surface area (Å²) in [7, 11) is 0. The molecule has 90 valence electrons. The lowest BCUT2D eigenvalue weighted by atomic mass is 9.85. The Bertz CT molecular complexity index is 520. The van der Waals surface area contributed by atoms with Crippen LogP contribution in [0.25, 0.3) is 10.9 Å². The minimum Gasteiger partial charge on any atom is -0.391 e. The van der Waals surface area contributed by atoms with E-state index in [2.05, 4.69) is 28.7 Å². The van der Waals surface area contributed by atoms with E-state index in [1.807, 2.05) is 18.5 Å². The first-order valence-electron chi connectivity index (χ1n) is 6.34. The summed E-state index contributed by atoms with van der Waals surface area (Å²) >= 11 is 0. The molecule has 1 fully saturated rings. The van der Waals surface area contributed by atoms with Gasteiger partial charge in [-0.05, 0) is 37.3 Å². The van der Waals surface area contributed by atoms with Crippen LogP contribution in [0, 0.1) is 5.92 Å². The molecule has 0 bridgehead atoms. The van der Waals surface area contributed by atoms with Crippen LogP contribution in [-0.4, -0.2) is 20.8 Å². The van der Waals surface area contributed by atoms with Crippen molar-refractivity contribution in [3.05, 3.63) is 30.7 Å². The molecule has 0 saturated heterocycles. The summed E-state index contributed by atoms with van der Waals surface area (Å²) in [4.78, 5) is 4.13. The Kier molecular flexibility index (Phi) is 2.63. The topological polar surface area (TPSA) is 38.0 Å². The highest BCUT2D eigenvalue weighted by Gasteiger charge is 2.28. The van der Waals surface area contributed by atoms with E-state index in [0.29, 0.717) is 5.92 Å². The fourth-order valence-electron chi connectivity index (χ4n) is 2.95. The number of rotatable bonds is 1. The Hall–Kier alpha value is -1.35. The second-order valence-corrected chi connectivity index (χ2v) is 5.21. The molecule has 1 aliphatic rings. The maximum Gasteiger partial charge on any atom is 0.0749 e. The number of hydrogen-bond acceptors (Lipinski definition) is 2. The molecule has 1 N–H and O–H groups in total. The van der Waals surface area contributed by atoms with Gasteiger partial charge in [0, 0.05) is 24.0 Å². The molecule has 0 unspecified atom stereocenters. The van der Waals surface area contributed by atoms with Crippen LogP contribution in [0.2, 0.25) is 0 Å². The van der Waals surface area contributed by atoms with E-state index in [1.165, 1.54) is 11.9 Å². The largest absolute Gasteiger partial charge is 0.391 e. The molecule has 2 heterocycles. The Morgan fingerprint density at radius 1 is 1.35 bits per heavy atom. The second kappa shape index (κ2) is 4.15. The van der Waals surface area contributed by atoms with Crippen molar-refractivity contribution in [1.82, 2.24) is 9.55 Å². The van der Waals surface area contributed by atoms with Gasteiger partial charge in [0.15, 0.2) is 0 Å². The van der Waals surface area contributed by atoms with Gasteiger partial charge in [-0.15, -0.1) is 0 Å². The van der Waals surface area contributed by atoms with Crippen LogP contribution in [0.5, 0.6) is 0 Å². The zero-order chi connectivity index (χ0) is 11.8. The van der Waals surface area contributed by atoms with E-state index in [0.717, 1.165) is 18.2 Å². The highest BCUT2D eigenvalue weighted by atomic mass is 16.3. The number of aromatic nitrogens is 2. The van der Waals surface area contributed by atoms with Crippen molar-refractivity contribution >= 4 is 10.9 Å². The smallest absolute Gasteiger partial charge is 0.0749 e. The van der Waals surface area contributed by atoms with Crippen LogP contribution in [0.3, 0.4) is 0 Å². The molecule has 2 aromatic rings. The van der Waals surface area contributed by atoms with E-state index in [9.17, 15) is 5.11 Å². The first kappa shape index (κ1) is 10.8. The lowest BCUT2D eigenvalue weighted by molar-refractivity contribution is 0.0566. The van der Waals surface area contributed by atoms with Crippen molar-refractivity contribution in [3.63, 3.8) is 0 Å². The molecular formula is C14H18N2O. The molecule has 17 heavy (non-hydrogen) atoms. The zero-order valence-electron chi connectivity index (χ0n) is 10.1. The van der Waals surface area contributed by atoms with Crippen molar-refractivity contribution in [2.24, 2.45) is 5.92 Å². The molecule has 1 saturated carbocycles. The van der Waals surface area contributed by atoms with Crippen LogP contribution >= 0.6 is 0 Å². The molecule has 0 radical (unpaired) electrons. The maximum atomic E-state index is 10.2. The van der Waals surface area contributed by atoms with Gasteiger partial charge in [0.25, 0.3) is 0 Å². The predicted octanol–water partition coefficient (Wildman–Crippen LogP) is 2.76. The average Bonchev–Trinajstić information content (AvgIpc) is 2.73. The molecule has 0 amide bonds. The summed E-state index contributed by atoms with van der Waals surface area (Å²) in [5.74, 6) is 0.643. The van der Waals surface area contributed by atoms with E-state index < -0.39 is 0 Å². The van der Waals surface area contributed by atoms with Crippen molar-refractivity contribution in [2.75, 3.05) is 0 Å². The molecule has 3 nitrogen and oxygen atoms in total. The van der Waals surface area contributed by atoms with Gasteiger partial charge in [-0.3, -0.25) is 4.98 Å². The van der Waals surface area contributed by atoms with Gasteiger partial charge >= 0.3 is 0 Å². The van der Waals surface area contributed by atoms with Gasteiger partial charge in [-0.2, -0.15) is 0 Å². The van der Waals surface area contributed by atoms with Crippen LogP contribution in [-0.2, 0) is 0 Å². The summed E-state index contributed by atoms with van der Waals surface area (Å²) in [5, 5.41) is 11.4. The third-order valence-corrected chi connectivity index (χ3v) is 3.92. The molecule has 0 aromatic carbocycles. The third kappa shape index (κ3) is 1.84. The lowest BCUT2D eigenvalue weighted by Crippen LogP contribution is -2.30. The number of nitrogens with zero attached hydrogens (tertiary/aromatic N) is 2. The van der Waals surface area contributed by atoms with Crippen LogP contribution in [0.4, 0.5) is 0 Å². The van der Waals surface area contributed by atoms with Crippen molar-refractivity contribution < 1.29 is 5.11 Å². The van der Waals surface area contributed by atoms with Gasteiger partial charge in [0.05, 0.1) is 17.7 Å². The molecule has 0 aliphatic heterocycles. The highest BCUT2D eigenvalue weighted by Crippen LogP contribution is 2.34. The normalized spacial score (nSPS) is 29.6. The van der Waals surface area contributed by atoms with Crippen LogP contribution < -0.4 is 0 Å². The number of aliphatic hydroxyl groups excluding tert-OH is 1. The highest BCUT2D eigenvalue weighted by molar-refractivity contribution is 5.79. The predicted molar refractivity (Wildman–Crippen MR) is 67.8 cm³/mol. The number of aliphatic hydroxyl groups is 1. The van der Waals surface area contributed by atoms with E-state index in [4.69, 9.17) is 0 Å². The molecule has 2 aromatic heterocycles. The Balaban J connectivity index is 1.98. The van der Waals surface area contributed by atoms with E-state index in [1.54, 1.807) is 0 Å². The van der Waals surface area contributed by atoms with Gasteiger partial charge in [-0.1, -0.05) is 6.92 Å². The average molecular weight is 230 g/mol. The lowest BCUT2D eigenvalue weighted by Gasteiger charge is -2.33. The Morgan fingerprint density at radius 2 is 2.24 bits per heavy atom. The number of pyridine rings is 1. The van der Waals surface area contributed by atoms with Crippen molar-refractivity contribution in [2.45, 2.75) is 38.3 Å². The monoisotopic (exact) mass is 230 g/mol. The Labute approximate surface area is 101 Å². The fourth-order valence-corrected chi connectivity index (χ4v) is 2.95. The standard InChI is InChI=1S/C14H18N2O/c1-10-2-3-13(14(17)8-10)16-7-5-11-9-15-6-4-12(11)16/h4-7,9-10,13-14,17H,2-3,8H2,1H3/t10-,13-,14-/m1/s1. The minimum atomic E-state index is -0.220. The fraction of sp³-hybridized carbons (Fsp3) is 0.500. The molecule has 3 heteroatoms. The van der Waals surface area contributed by atoms with Crippen LogP contribution in [0.1, 0.15) is 32.2 Å². The summed E-state index contributed by atoms with van der Waals surface area (Å²) in [6, 6.07) is 4.33. The first-order valence-corrected chi connectivity index (χ1v) is 6.34. The summed E-state index contributed by atoms with van der Waals surface area (Å²) in [5.41, 5.74) is 1.18. The van der Waals surface area contributed by atoms with E-state index in [-0.39, 0.29) is 12.1 Å². The quantitative estimate of drug-likeness (QED) is 0.818. The van der Waals surface area contributed by atoms with Gasteiger partial charge in [0.1, 0.15) is 0 Å². The molecule has 3 rings (SSSR count). The van der Waals surface area contributed by atoms with E-state index >= 15 is 0 Å².